The van der Waals surface area contributed by atoms with Crippen LogP contribution < -0.4 is 9.62 Å². The molecular formula is C16H16N2O5S2. The number of carbonyl (C=O) groups is 2. The monoisotopic (exact) mass is 380 g/mol. The van der Waals surface area contributed by atoms with Crippen molar-refractivity contribution in [3.63, 3.8) is 0 Å². The Balaban J connectivity index is 1.98. The van der Waals surface area contributed by atoms with E-state index < -0.39 is 22.0 Å². The first kappa shape index (κ1) is 17.4. The van der Waals surface area contributed by atoms with Crippen molar-refractivity contribution in [1.82, 2.24) is 5.32 Å². The van der Waals surface area contributed by atoms with Crippen molar-refractivity contribution in [3.05, 3.63) is 46.8 Å². The minimum absolute atomic E-state index is 0.0517. The van der Waals surface area contributed by atoms with E-state index in [0.29, 0.717) is 16.1 Å². The lowest BCUT2D eigenvalue weighted by Crippen LogP contribution is -2.42. The van der Waals surface area contributed by atoms with E-state index in [9.17, 15) is 23.1 Å². The predicted molar refractivity (Wildman–Crippen MR) is 93.1 cm³/mol. The molecule has 0 fully saturated rings. The van der Waals surface area contributed by atoms with Gasteiger partial charge in [-0.15, -0.1) is 11.3 Å². The Kier molecular flexibility index (Phi) is 4.53. The molecule has 0 saturated carbocycles. The smallest absolute Gasteiger partial charge is 0.327 e. The maximum atomic E-state index is 13.0. The maximum absolute atomic E-state index is 13.0. The standard InChI is InChI=1S/C16H16N2O5S2/c1-10(19)17-9-12-6-7-15(24-12)25(22,23)18-13-5-3-2-4-11(13)8-14(18)16(20)21/h2-7,14H,8-9H2,1H3,(H,17,19)(H,20,21)/t14-/m0/s1. The van der Waals surface area contributed by atoms with Crippen molar-refractivity contribution >= 4 is 38.9 Å². The minimum Gasteiger partial charge on any atom is -0.480 e. The number of nitrogens with zero attached hydrogens (tertiary/aromatic N) is 1. The molecule has 2 heterocycles. The number of para-hydroxylation sites is 1. The van der Waals surface area contributed by atoms with Crippen molar-refractivity contribution in [2.45, 2.75) is 30.1 Å². The van der Waals surface area contributed by atoms with Gasteiger partial charge in [0.05, 0.1) is 12.2 Å². The average molecular weight is 380 g/mol. The number of aliphatic carboxylic acids is 1. The van der Waals surface area contributed by atoms with Crippen LogP contribution in [0, 0.1) is 0 Å². The van der Waals surface area contributed by atoms with Crippen molar-refractivity contribution in [2.24, 2.45) is 0 Å². The van der Waals surface area contributed by atoms with Gasteiger partial charge in [0.1, 0.15) is 10.3 Å². The lowest BCUT2D eigenvalue weighted by Gasteiger charge is -2.23. The molecule has 2 aromatic rings. The lowest BCUT2D eigenvalue weighted by atomic mass is 10.1. The zero-order valence-electron chi connectivity index (χ0n) is 13.3. The molecule has 0 spiro atoms. The zero-order valence-corrected chi connectivity index (χ0v) is 14.9. The van der Waals surface area contributed by atoms with Crippen molar-refractivity contribution in [1.29, 1.82) is 0 Å². The van der Waals surface area contributed by atoms with Crippen LogP contribution in [0.25, 0.3) is 0 Å². The van der Waals surface area contributed by atoms with E-state index in [1.165, 1.54) is 13.0 Å². The van der Waals surface area contributed by atoms with Crippen LogP contribution in [-0.2, 0) is 32.6 Å². The third-order valence-corrected chi connectivity index (χ3v) is 7.25. The Hall–Kier alpha value is -2.39. The summed E-state index contributed by atoms with van der Waals surface area (Å²) in [6.45, 7) is 1.61. The van der Waals surface area contributed by atoms with Gasteiger partial charge in [-0.25, -0.2) is 13.2 Å². The largest absolute Gasteiger partial charge is 0.480 e. The molecule has 1 aliphatic rings. The number of rotatable bonds is 5. The van der Waals surface area contributed by atoms with Crippen LogP contribution in [0.4, 0.5) is 5.69 Å². The van der Waals surface area contributed by atoms with Crippen molar-refractivity contribution in [2.75, 3.05) is 4.31 Å². The second kappa shape index (κ2) is 6.49. The minimum atomic E-state index is -4.01. The van der Waals surface area contributed by atoms with E-state index in [-0.39, 0.29) is 23.1 Å². The molecule has 0 saturated heterocycles. The number of carboxylic acids is 1. The fourth-order valence-corrected chi connectivity index (χ4v) is 5.77. The topological polar surface area (TPSA) is 104 Å². The molecule has 7 nitrogen and oxygen atoms in total. The van der Waals surface area contributed by atoms with Gasteiger partial charge in [0.15, 0.2) is 0 Å². The summed E-state index contributed by atoms with van der Waals surface area (Å²) in [6.07, 6.45) is 0.134. The number of hydrogen-bond acceptors (Lipinski definition) is 5. The van der Waals surface area contributed by atoms with Gasteiger partial charge < -0.3 is 10.4 Å². The fraction of sp³-hybridized carbons (Fsp3) is 0.250. The number of fused-ring (bicyclic) bond motifs is 1. The van der Waals surface area contributed by atoms with E-state index in [1.807, 2.05) is 0 Å². The van der Waals surface area contributed by atoms with E-state index >= 15 is 0 Å². The number of anilines is 1. The van der Waals surface area contributed by atoms with Gasteiger partial charge in [0, 0.05) is 18.2 Å². The summed E-state index contributed by atoms with van der Waals surface area (Å²) < 4.78 is 27.1. The summed E-state index contributed by atoms with van der Waals surface area (Å²) >= 11 is 1.02. The first-order valence-corrected chi connectivity index (χ1v) is 9.74. The van der Waals surface area contributed by atoms with Gasteiger partial charge in [-0.05, 0) is 23.8 Å². The average Bonchev–Trinajstić information content (AvgIpc) is 3.18. The van der Waals surface area contributed by atoms with Gasteiger partial charge in [-0.3, -0.25) is 9.10 Å². The summed E-state index contributed by atoms with van der Waals surface area (Å²) in [6, 6.07) is 8.68. The highest BCUT2D eigenvalue weighted by molar-refractivity contribution is 7.94. The lowest BCUT2D eigenvalue weighted by molar-refractivity contribution is -0.138. The fourth-order valence-electron chi connectivity index (χ4n) is 2.74. The first-order valence-electron chi connectivity index (χ1n) is 7.49. The van der Waals surface area contributed by atoms with E-state index in [4.69, 9.17) is 0 Å². The van der Waals surface area contributed by atoms with Gasteiger partial charge >= 0.3 is 5.97 Å². The van der Waals surface area contributed by atoms with Crippen molar-refractivity contribution < 1.29 is 23.1 Å². The van der Waals surface area contributed by atoms with Crippen LogP contribution in [0.3, 0.4) is 0 Å². The molecule has 1 atom stereocenters. The first-order chi connectivity index (χ1) is 11.8. The molecule has 1 aliphatic heterocycles. The molecule has 0 radical (unpaired) electrons. The SMILES string of the molecule is CC(=O)NCc1ccc(S(=O)(=O)N2c3ccccc3C[C@H]2C(=O)O)s1. The maximum Gasteiger partial charge on any atom is 0.327 e. The Morgan fingerprint density at radius 1 is 1.28 bits per heavy atom. The predicted octanol–water partition coefficient (Wildman–Crippen LogP) is 1.59. The van der Waals surface area contributed by atoms with Crippen LogP contribution in [-0.4, -0.2) is 31.4 Å². The Labute approximate surface area is 149 Å². The summed E-state index contributed by atoms with van der Waals surface area (Å²) in [5.74, 6) is -1.40. The number of sulfonamides is 1. The van der Waals surface area contributed by atoms with E-state index in [2.05, 4.69) is 5.32 Å². The molecule has 3 rings (SSSR count). The normalized spacial score (nSPS) is 16.5. The number of benzene rings is 1. The quantitative estimate of drug-likeness (QED) is 0.820. The number of nitrogens with one attached hydrogen (secondary N) is 1. The van der Waals surface area contributed by atoms with Crippen LogP contribution in [0.1, 0.15) is 17.4 Å². The van der Waals surface area contributed by atoms with Gasteiger partial charge in [0.2, 0.25) is 5.91 Å². The molecular weight excluding hydrogens is 364 g/mol. The van der Waals surface area contributed by atoms with Crippen LogP contribution in [0.5, 0.6) is 0 Å². The molecule has 0 aliphatic carbocycles. The molecule has 1 aromatic heterocycles. The highest BCUT2D eigenvalue weighted by Gasteiger charge is 2.42. The molecule has 132 valence electrons. The highest BCUT2D eigenvalue weighted by Crippen LogP contribution is 2.38. The highest BCUT2D eigenvalue weighted by atomic mass is 32.2. The van der Waals surface area contributed by atoms with Crippen LogP contribution in [0.2, 0.25) is 0 Å². The number of thiophene rings is 1. The Morgan fingerprint density at radius 3 is 2.68 bits per heavy atom. The van der Waals surface area contributed by atoms with Gasteiger partial charge in [0.25, 0.3) is 10.0 Å². The summed E-state index contributed by atoms with van der Waals surface area (Å²) in [7, 11) is -4.01. The number of hydrogen-bond donors (Lipinski definition) is 2. The van der Waals surface area contributed by atoms with E-state index in [1.54, 1.807) is 30.3 Å². The molecule has 2 N–H and O–H groups in total. The van der Waals surface area contributed by atoms with Crippen LogP contribution >= 0.6 is 11.3 Å². The number of amides is 1. The molecule has 25 heavy (non-hydrogen) atoms. The number of carboxylic acid groups (broad SMARTS) is 1. The number of carbonyl (C=O) groups excluding carboxylic acids is 1. The molecule has 1 amide bonds. The Morgan fingerprint density at radius 2 is 2.00 bits per heavy atom. The second-order valence-corrected chi connectivity index (χ2v) is 8.83. The Bertz CT molecular complexity index is 936. The third kappa shape index (κ3) is 3.24. The summed E-state index contributed by atoms with van der Waals surface area (Å²) in [4.78, 5) is 23.3. The van der Waals surface area contributed by atoms with Gasteiger partial charge in [-0.2, -0.15) is 0 Å². The molecule has 0 bridgehead atoms. The van der Waals surface area contributed by atoms with Gasteiger partial charge in [-0.1, -0.05) is 18.2 Å². The summed E-state index contributed by atoms with van der Waals surface area (Å²) in [5.41, 5.74) is 1.08. The molecule has 9 heteroatoms. The second-order valence-electron chi connectivity index (χ2n) is 5.62. The van der Waals surface area contributed by atoms with E-state index in [0.717, 1.165) is 15.6 Å². The third-order valence-electron chi connectivity index (χ3n) is 3.87. The zero-order chi connectivity index (χ0) is 18.2. The molecule has 0 unspecified atom stereocenters. The summed E-state index contributed by atoms with van der Waals surface area (Å²) in [5, 5.41) is 12.1. The molecule has 1 aromatic carbocycles. The van der Waals surface area contributed by atoms with Crippen molar-refractivity contribution in [3.8, 4) is 0 Å². The van der Waals surface area contributed by atoms with Crippen LogP contribution in [0.15, 0.2) is 40.6 Å².